The lowest BCUT2D eigenvalue weighted by atomic mass is 10.1. The summed E-state index contributed by atoms with van der Waals surface area (Å²) in [5.74, 6) is 0.534. The van der Waals surface area contributed by atoms with E-state index < -0.39 is 6.04 Å². The molecule has 1 unspecified atom stereocenters. The van der Waals surface area contributed by atoms with E-state index in [9.17, 15) is 9.18 Å². The summed E-state index contributed by atoms with van der Waals surface area (Å²) in [4.78, 5) is 29.2. The van der Waals surface area contributed by atoms with Crippen molar-refractivity contribution < 1.29 is 9.18 Å². The number of benzene rings is 1. The first kappa shape index (κ1) is 25.5. The van der Waals surface area contributed by atoms with Gasteiger partial charge in [-0.15, -0.1) is 0 Å². The van der Waals surface area contributed by atoms with Gasteiger partial charge in [-0.3, -0.25) is 5.41 Å². The average Bonchev–Trinajstić information content (AvgIpc) is 3.57. The molecule has 0 amide bonds. The number of rotatable bonds is 11. The van der Waals surface area contributed by atoms with Crippen LogP contribution in [0.5, 0.6) is 0 Å². The van der Waals surface area contributed by atoms with Crippen molar-refractivity contribution in [2.24, 2.45) is 0 Å². The van der Waals surface area contributed by atoms with E-state index in [-0.39, 0.29) is 34.6 Å². The van der Waals surface area contributed by atoms with Gasteiger partial charge in [-0.1, -0.05) is 13.8 Å². The molecule has 0 saturated carbocycles. The molecule has 0 spiro atoms. The Morgan fingerprint density at radius 1 is 1.27 bits per heavy atom. The summed E-state index contributed by atoms with van der Waals surface area (Å²) in [5, 5.41) is 16.1. The number of hydrogen-bond acceptors (Lipinski definition) is 9. The molecule has 0 aliphatic rings. The number of aromatic nitrogens is 6. The van der Waals surface area contributed by atoms with E-state index in [0.717, 1.165) is 23.4 Å². The summed E-state index contributed by atoms with van der Waals surface area (Å²) in [5.41, 5.74) is 8.98. The molecule has 0 aliphatic carbocycles. The van der Waals surface area contributed by atoms with Crippen LogP contribution < -0.4 is 16.0 Å². The Hall–Kier alpha value is -4.61. The van der Waals surface area contributed by atoms with Crippen LogP contribution in [0.25, 0.3) is 5.69 Å². The van der Waals surface area contributed by atoms with Crippen LogP contribution in [0.4, 0.5) is 21.7 Å². The van der Waals surface area contributed by atoms with Crippen molar-refractivity contribution in [1.82, 2.24) is 29.7 Å². The van der Waals surface area contributed by atoms with Crippen molar-refractivity contribution in [2.75, 3.05) is 29.5 Å². The molecule has 3 aromatic heterocycles. The summed E-state index contributed by atoms with van der Waals surface area (Å²) >= 11 is 0. The van der Waals surface area contributed by atoms with Gasteiger partial charge < -0.3 is 25.7 Å². The van der Waals surface area contributed by atoms with E-state index in [1.54, 1.807) is 24.5 Å². The zero-order valence-electron chi connectivity index (χ0n) is 20.8. The van der Waals surface area contributed by atoms with Gasteiger partial charge >= 0.3 is 0 Å². The number of nitrogens with zero attached hydrogens (tertiary/aromatic N) is 6. The molecule has 4 aromatic rings. The minimum atomic E-state index is -0.602. The van der Waals surface area contributed by atoms with Crippen LogP contribution in [0.2, 0.25) is 0 Å². The third-order valence-corrected chi connectivity index (χ3v) is 5.94. The van der Waals surface area contributed by atoms with Crippen molar-refractivity contribution in [3.63, 3.8) is 0 Å². The Morgan fingerprint density at radius 2 is 2.03 bits per heavy atom. The zero-order valence-corrected chi connectivity index (χ0v) is 20.8. The average molecular weight is 505 g/mol. The summed E-state index contributed by atoms with van der Waals surface area (Å²) in [6, 6.07) is 5.59. The fourth-order valence-electron chi connectivity index (χ4n) is 4.05. The summed E-state index contributed by atoms with van der Waals surface area (Å²) in [6.45, 7) is 4.66. The molecule has 11 nitrogen and oxygen atoms in total. The molecule has 1 aromatic carbocycles. The molecule has 37 heavy (non-hydrogen) atoms. The minimum Gasteiger partial charge on any atom is -0.383 e. The van der Waals surface area contributed by atoms with Crippen LogP contribution in [0.3, 0.4) is 0 Å². The van der Waals surface area contributed by atoms with E-state index >= 15 is 0 Å². The topological polar surface area (TPSA) is 154 Å². The third kappa shape index (κ3) is 5.47. The molecule has 0 saturated heterocycles. The Morgan fingerprint density at radius 3 is 2.68 bits per heavy atom. The van der Waals surface area contributed by atoms with Crippen LogP contribution in [-0.2, 0) is 4.79 Å². The molecule has 192 valence electrons. The lowest BCUT2D eigenvalue weighted by Crippen LogP contribution is -2.30. The highest BCUT2D eigenvalue weighted by Gasteiger charge is 2.22. The van der Waals surface area contributed by atoms with Crippen molar-refractivity contribution >= 4 is 29.3 Å². The van der Waals surface area contributed by atoms with Crippen molar-refractivity contribution in [2.45, 2.75) is 32.2 Å². The predicted molar refractivity (Wildman–Crippen MR) is 140 cm³/mol. The number of imidazole rings is 1. The second kappa shape index (κ2) is 11.0. The Bertz CT molecular complexity index is 1360. The SMILES string of the molecule is CC(C)c1c(N(C)CCC(C=O)Nc2ncnc(N)c2C(=N)c2ncc[nH]2)cnn1-c1ccc(F)cc1. The maximum absolute atomic E-state index is 13.4. The zero-order chi connectivity index (χ0) is 26.5. The number of hydrogen-bond donors (Lipinski definition) is 4. The lowest BCUT2D eigenvalue weighted by molar-refractivity contribution is -0.108. The second-order valence-corrected chi connectivity index (χ2v) is 8.85. The molecule has 1 atom stereocenters. The van der Waals surface area contributed by atoms with Gasteiger partial charge in [0.1, 0.15) is 35.8 Å². The highest BCUT2D eigenvalue weighted by molar-refractivity contribution is 6.14. The van der Waals surface area contributed by atoms with Gasteiger partial charge in [-0.05, 0) is 36.6 Å². The Kier molecular flexibility index (Phi) is 7.56. The summed E-state index contributed by atoms with van der Waals surface area (Å²) < 4.78 is 15.2. The maximum atomic E-state index is 13.4. The number of aromatic amines is 1. The van der Waals surface area contributed by atoms with E-state index in [1.165, 1.54) is 24.7 Å². The number of aldehydes is 1. The van der Waals surface area contributed by atoms with E-state index in [2.05, 4.69) is 44.2 Å². The van der Waals surface area contributed by atoms with Crippen molar-refractivity contribution in [3.05, 3.63) is 72.1 Å². The van der Waals surface area contributed by atoms with E-state index in [0.29, 0.717) is 18.8 Å². The maximum Gasteiger partial charge on any atom is 0.156 e. The standard InChI is InChI=1S/C25H29FN10O/c1-15(2)22-19(12-33-36(22)18-6-4-16(26)5-7-18)35(3)11-8-17(13-37)34-24-20(23(28)31-14-32-24)21(27)25-29-9-10-30-25/h4-7,9-10,12-15,17,27H,8,11H2,1-3H3,(H,29,30)(H3,28,31,32,34). The molecule has 0 radical (unpaired) electrons. The smallest absolute Gasteiger partial charge is 0.156 e. The first-order chi connectivity index (χ1) is 17.8. The van der Waals surface area contributed by atoms with Crippen LogP contribution >= 0.6 is 0 Å². The number of nitrogen functional groups attached to an aromatic ring is 1. The van der Waals surface area contributed by atoms with E-state index in [1.807, 2.05) is 16.6 Å². The highest BCUT2D eigenvalue weighted by atomic mass is 19.1. The number of carbonyl (C=O) groups is 1. The van der Waals surface area contributed by atoms with Crippen LogP contribution in [0.15, 0.2) is 49.2 Å². The monoisotopic (exact) mass is 504 g/mol. The fourth-order valence-corrected chi connectivity index (χ4v) is 4.05. The molecule has 12 heteroatoms. The number of halogens is 1. The lowest BCUT2D eigenvalue weighted by Gasteiger charge is -2.24. The molecule has 5 N–H and O–H groups in total. The first-order valence-electron chi connectivity index (χ1n) is 11.8. The summed E-state index contributed by atoms with van der Waals surface area (Å²) in [7, 11) is 1.93. The minimum absolute atomic E-state index is 0.0159. The fraction of sp³-hybridized carbons (Fsp3) is 0.280. The van der Waals surface area contributed by atoms with Crippen LogP contribution in [-0.4, -0.2) is 61.3 Å². The number of nitrogens with one attached hydrogen (secondary N) is 3. The van der Waals surface area contributed by atoms with Crippen molar-refractivity contribution in [3.8, 4) is 5.69 Å². The first-order valence-corrected chi connectivity index (χ1v) is 11.8. The molecule has 0 bridgehead atoms. The third-order valence-electron chi connectivity index (χ3n) is 5.94. The van der Waals surface area contributed by atoms with Gasteiger partial charge in [0.05, 0.1) is 34.9 Å². The predicted octanol–water partition coefficient (Wildman–Crippen LogP) is 3.15. The number of carbonyl (C=O) groups excluding carboxylic acids is 1. The van der Waals surface area contributed by atoms with Crippen molar-refractivity contribution in [1.29, 1.82) is 5.41 Å². The highest BCUT2D eigenvalue weighted by Crippen LogP contribution is 2.29. The van der Waals surface area contributed by atoms with Gasteiger partial charge in [0.15, 0.2) is 5.82 Å². The number of anilines is 3. The Balaban J connectivity index is 1.51. The van der Waals surface area contributed by atoms with Crippen LogP contribution in [0, 0.1) is 11.2 Å². The molecule has 4 rings (SSSR count). The number of nitrogens with two attached hydrogens (primary N) is 1. The number of H-pyrrole nitrogens is 1. The van der Waals surface area contributed by atoms with Gasteiger partial charge in [0.25, 0.3) is 0 Å². The van der Waals surface area contributed by atoms with E-state index in [4.69, 9.17) is 11.1 Å². The van der Waals surface area contributed by atoms with Crippen LogP contribution in [0.1, 0.15) is 43.3 Å². The molecular weight excluding hydrogens is 475 g/mol. The van der Waals surface area contributed by atoms with Gasteiger partial charge in [-0.2, -0.15) is 5.10 Å². The Labute approximate surface area is 213 Å². The molecule has 0 fully saturated rings. The van der Waals surface area contributed by atoms with Gasteiger partial charge in [0, 0.05) is 26.0 Å². The second-order valence-electron chi connectivity index (χ2n) is 8.85. The van der Waals surface area contributed by atoms with Gasteiger partial charge in [-0.25, -0.2) is 24.0 Å². The van der Waals surface area contributed by atoms with Gasteiger partial charge in [0.2, 0.25) is 0 Å². The molecular formula is C25H29FN10O. The quantitative estimate of drug-likeness (QED) is 0.179. The largest absolute Gasteiger partial charge is 0.383 e. The normalized spacial score (nSPS) is 11.9. The molecule has 0 aliphatic heterocycles. The summed E-state index contributed by atoms with van der Waals surface area (Å²) in [6.07, 6.45) is 7.43. The molecule has 3 heterocycles.